The lowest BCUT2D eigenvalue weighted by molar-refractivity contribution is 0.0731. The second-order valence-electron chi connectivity index (χ2n) is 4.84. The Labute approximate surface area is 113 Å². The molecule has 1 aromatic rings. The van der Waals surface area contributed by atoms with Gasteiger partial charge in [0, 0.05) is 18.6 Å². The highest BCUT2D eigenvalue weighted by atomic mass is 35.5. The summed E-state index contributed by atoms with van der Waals surface area (Å²) in [7, 11) is 0. The Kier molecular flexibility index (Phi) is 4.80. The second kappa shape index (κ2) is 6.36. The summed E-state index contributed by atoms with van der Waals surface area (Å²) < 4.78 is 5.45. The number of halogens is 1. The highest BCUT2D eigenvalue weighted by molar-refractivity contribution is 6.30. The van der Waals surface area contributed by atoms with Gasteiger partial charge in [-0.05, 0) is 31.9 Å². The van der Waals surface area contributed by atoms with Crippen LogP contribution < -0.4 is 10.6 Å². The van der Waals surface area contributed by atoms with Crippen molar-refractivity contribution in [2.75, 3.05) is 25.1 Å². The molecule has 2 N–H and O–H groups in total. The molecule has 1 aromatic heterocycles. The summed E-state index contributed by atoms with van der Waals surface area (Å²) in [6.07, 6.45) is 2.80. The molecule has 2 heterocycles. The van der Waals surface area contributed by atoms with Crippen LogP contribution >= 0.6 is 11.6 Å². The molecule has 1 fully saturated rings. The van der Waals surface area contributed by atoms with Gasteiger partial charge < -0.3 is 15.4 Å². The number of pyridine rings is 1. The zero-order valence-corrected chi connectivity index (χ0v) is 11.6. The van der Waals surface area contributed by atoms with Crippen molar-refractivity contribution >= 4 is 17.3 Å². The molecular formula is C13H20ClN3O. The molecule has 1 aliphatic rings. The Hall–Kier alpha value is -0.840. The Balaban J connectivity index is 1.85. The van der Waals surface area contributed by atoms with E-state index in [1.165, 1.54) is 0 Å². The van der Waals surface area contributed by atoms with E-state index in [0.29, 0.717) is 17.2 Å². The number of hydrogen-bond donors (Lipinski definition) is 2. The van der Waals surface area contributed by atoms with Crippen LogP contribution in [0.15, 0.2) is 12.3 Å². The van der Waals surface area contributed by atoms with Gasteiger partial charge in [-0.25, -0.2) is 4.98 Å². The number of anilines is 1. The van der Waals surface area contributed by atoms with Crippen LogP contribution in [0.2, 0.25) is 5.15 Å². The number of hydrogen-bond acceptors (Lipinski definition) is 4. The van der Waals surface area contributed by atoms with E-state index >= 15 is 0 Å². The van der Waals surface area contributed by atoms with E-state index in [-0.39, 0.29) is 0 Å². The van der Waals surface area contributed by atoms with Gasteiger partial charge in [-0.1, -0.05) is 11.6 Å². The van der Waals surface area contributed by atoms with Gasteiger partial charge in [0.1, 0.15) is 5.15 Å². The van der Waals surface area contributed by atoms with Crippen LogP contribution in [0.1, 0.15) is 18.9 Å². The predicted octanol–water partition coefficient (Wildman–Crippen LogP) is 2.22. The van der Waals surface area contributed by atoms with Gasteiger partial charge in [0.2, 0.25) is 0 Å². The minimum absolute atomic E-state index is 0.367. The Morgan fingerprint density at radius 1 is 1.67 bits per heavy atom. The molecule has 0 amide bonds. The first kappa shape index (κ1) is 13.6. The number of aryl methyl sites for hydroxylation is 1. The molecular weight excluding hydrogens is 250 g/mol. The predicted molar refractivity (Wildman–Crippen MR) is 74.3 cm³/mol. The van der Waals surface area contributed by atoms with E-state index in [0.717, 1.165) is 37.4 Å². The van der Waals surface area contributed by atoms with Crippen LogP contribution in [-0.2, 0) is 4.74 Å². The molecule has 0 bridgehead atoms. The van der Waals surface area contributed by atoms with Crippen LogP contribution in [0, 0.1) is 6.92 Å². The van der Waals surface area contributed by atoms with Gasteiger partial charge in [-0.2, -0.15) is 0 Å². The van der Waals surface area contributed by atoms with Crippen molar-refractivity contribution in [2.45, 2.75) is 32.4 Å². The highest BCUT2D eigenvalue weighted by Gasteiger charge is 2.16. The zero-order chi connectivity index (χ0) is 13.0. The fourth-order valence-electron chi connectivity index (χ4n) is 2.18. The molecule has 0 saturated carbocycles. The number of aromatic nitrogens is 1. The summed E-state index contributed by atoms with van der Waals surface area (Å²) in [5, 5.41) is 7.46. The summed E-state index contributed by atoms with van der Waals surface area (Å²) in [5.41, 5.74) is 2.01. The minimum atomic E-state index is 0.367. The molecule has 1 saturated heterocycles. The van der Waals surface area contributed by atoms with Crippen molar-refractivity contribution in [1.82, 2.24) is 10.3 Å². The quantitative estimate of drug-likeness (QED) is 0.823. The SMILES string of the molecule is Cc1cc(NC(C)CC2COCCN2)cnc1Cl. The third-order valence-electron chi connectivity index (χ3n) is 3.06. The van der Waals surface area contributed by atoms with Gasteiger partial charge in [-0.3, -0.25) is 0 Å². The Morgan fingerprint density at radius 2 is 2.50 bits per heavy atom. The summed E-state index contributed by atoms with van der Waals surface area (Å²) >= 11 is 5.91. The van der Waals surface area contributed by atoms with Crippen molar-refractivity contribution in [1.29, 1.82) is 0 Å². The maximum absolute atomic E-state index is 5.91. The van der Waals surface area contributed by atoms with Crippen LogP contribution in [0.3, 0.4) is 0 Å². The van der Waals surface area contributed by atoms with E-state index in [1.807, 2.05) is 13.0 Å². The van der Waals surface area contributed by atoms with Crippen molar-refractivity contribution in [3.63, 3.8) is 0 Å². The summed E-state index contributed by atoms with van der Waals surface area (Å²) in [4.78, 5) is 4.14. The normalized spacial score (nSPS) is 21.6. The molecule has 0 spiro atoms. The molecule has 2 unspecified atom stereocenters. The molecule has 2 atom stereocenters. The molecule has 0 radical (unpaired) electrons. The largest absolute Gasteiger partial charge is 0.381 e. The Morgan fingerprint density at radius 3 is 3.17 bits per heavy atom. The lowest BCUT2D eigenvalue weighted by atomic mass is 10.1. The summed E-state index contributed by atoms with van der Waals surface area (Å²) in [5.74, 6) is 0. The highest BCUT2D eigenvalue weighted by Crippen LogP contribution is 2.17. The number of nitrogens with zero attached hydrogens (tertiary/aromatic N) is 1. The molecule has 2 rings (SSSR count). The van der Waals surface area contributed by atoms with Crippen LogP contribution in [0.4, 0.5) is 5.69 Å². The second-order valence-corrected chi connectivity index (χ2v) is 5.20. The maximum atomic E-state index is 5.91. The van der Waals surface area contributed by atoms with Crippen LogP contribution in [0.5, 0.6) is 0 Å². The van der Waals surface area contributed by atoms with Crippen LogP contribution in [0.25, 0.3) is 0 Å². The van der Waals surface area contributed by atoms with Gasteiger partial charge in [-0.15, -0.1) is 0 Å². The maximum Gasteiger partial charge on any atom is 0.132 e. The number of nitrogens with one attached hydrogen (secondary N) is 2. The monoisotopic (exact) mass is 269 g/mol. The molecule has 5 heteroatoms. The lowest BCUT2D eigenvalue weighted by Gasteiger charge is -2.27. The summed E-state index contributed by atoms with van der Waals surface area (Å²) in [6.45, 7) is 6.68. The van der Waals surface area contributed by atoms with Gasteiger partial charge in [0.05, 0.1) is 25.1 Å². The first-order valence-corrected chi connectivity index (χ1v) is 6.73. The summed E-state index contributed by atoms with van der Waals surface area (Å²) in [6, 6.07) is 2.82. The van der Waals surface area contributed by atoms with Crippen LogP contribution in [-0.4, -0.2) is 36.8 Å². The van der Waals surface area contributed by atoms with E-state index in [4.69, 9.17) is 16.3 Å². The molecule has 0 aromatic carbocycles. The third kappa shape index (κ3) is 3.83. The molecule has 0 aliphatic carbocycles. The van der Waals surface area contributed by atoms with Gasteiger partial charge >= 0.3 is 0 Å². The molecule has 1 aliphatic heterocycles. The number of rotatable bonds is 4. The first-order valence-electron chi connectivity index (χ1n) is 6.35. The zero-order valence-electron chi connectivity index (χ0n) is 10.9. The van der Waals surface area contributed by atoms with Gasteiger partial charge in [0.15, 0.2) is 0 Å². The molecule has 100 valence electrons. The van der Waals surface area contributed by atoms with Crippen molar-refractivity contribution < 1.29 is 4.74 Å². The molecule has 4 nitrogen and oxygen atoms in total. The van der Waals surface area contributed by atoms with E-state index in [2.05, 4.69) is 22.5 Å². The van der Waals surface area contributed by atoms with Gasteiger partial charge in [0.25, 0.3) is 0 Å². The smallest absolute Gasteiger partial charge is 0.132 e. The lowest BCUT2D eigenvalue weighted by Crippen LogP contribution is -2.43. The Bertz CT molecular complexity index is 394. The average molecular weight is 270 g/mol. The fraction of sp³-hybridized carbons (Fsp3) is 0.615. The minimum Gasteiger partial charge on any atom is -0.381 e. The number of morpholine rings is 1. The van der Waals surface area contributed by atoms with E-state index in [1.54, 1.807) is 6.20 Å². The van der Waals surface area contributed by atoms with Crippen molar-refractivity contribution in [3.8, 4) is 0 Å². The average Bonchev–Trinajstić information content (AvgIpc) is 2.35. The van der Waals surface area contributed by atoms with Crippen molar-refractivity contribution in [3.05, 3.63) is 23.0 Å². The van der Waals surface area contributed by atoms with Crippen molar-refractivity contribution in [2.24, 2.45) is 0 Å². The van der Waals surface area contributed by atoms with E-state index in [9.17, 15) is 0 Å². The first-order chi connectivity index (χ1) is 8.65. The third-order valence-corrected chi connectivity index (χ3v) is 3.46. The number of ether oxygens (including phenoxy) is 1. The fourth-order valence-corrected chi connectivity index (χ4v) is 2.28. The topological polar surface area (TPSA) is 46.2 Å². The standard InChI is InChI=1S/C13H20ClN3O/c1-9-5-11(7-16-13(9)14)17-10(2)6-12-8-18-4-3-15-12/h5,7,10,12,15,17H,3-4,6,8H2,1-2H3. The van der Waals surface area contributed by atoms with E-state index < -0.39 is 0 Å². The molecule has 18 heavy (non-hydrogen) atoms.